The van der Waals surface area contributed by atoms with E-state index < -0.39 is 5.25 Å². The molecule has 0 fully saturated rings. The lowest BCUT2D eigenvalue weighted by Gasteiger charge is -2.16. The second-order valence-corrected chi connectivity index (χ2v) is 11.9. The summed E-state index contributed by atoms with van der Waals surface area (Å²) in [6.45, 7) is 0. The first kappa shape index (κ1) is 28.2. The Balaban J connectivity index is 1.29. The predicted molar refractivity (Wildman–Crippen MR) is 167 cm³/mol. The molecule has 5 aromatic rings. The van der Waals surface area contributed by atoms with Crippen LogP contribution >= 0.6 is 57.9 Å². The van der Waals surface area contributed by atoms with E-state index in [1.54, 1.807) is 36.4 Å². The van der Waals surface area contributed by atoms with Gasteiger partial charge in [0, 0.05) is 31.6 Å². The zero-order chi connectivity index (χ0) is 28.1. The SMILES string of the molecule is O=C(Nc1ccc(SC(C(=O)Nc2nc(-c3ccc(Cl)cc3)cs2)c2ccccc2)cc1)c1ccc(Cl)cc1Cl. The average Bonchev–Trinajstić information content (AvgIpc) is 3.41. The lowest BCUT2D eigenvalue weighted by Crippen LogP contribution is -2.19. The van der Waals surface area contributed by atoms with Gasteiger partial charge in [-0.1, -0.05) is 77.3 Å². The third kappa shape index (κ3) is 7.05. The number of amides is 2. The molecule has 0 radical (unpaired) electrons. The maximum Gasteiger partial charge on any atom is 0.257 e. The quantitative estimate of drug-likeness (QED) is 0.169. The molecule has 1 heterocycles. The van der Waals surface area contributed by atoms with Gasteiger partial charge in [0.2, 0.25) is 5.91 Å². The smallest absolute Gasteiger partial charge is 0.257 e. The highest BCUT2D eigenvalue weighted by atomic mass is 35.5. The molecule has 1 atom stereocenters. The summed E-state index contributed by atoms with van der Waals surface area (Å²) >= 11 is 20.9. The van der Waals surface area contributed by atoms with Crippen LogP contribution in [0.15, 0.2) is 107 Å². The van der Waals surface area contributed by atoms with Gasteiger partial charge in [-0.15, -0.1) is 23.1 Å². The number of thioether (sulfide) groups is 1. The number of rotatable bonds is 8. The minimum atomic E-state index is -0.530. The number of carbonyl (C=O) groups is 2. The predicted octanol–water partition coefficient (Wildman–Crippen LogP) is 9.49. The first-order valence-electron chi connectivity index (χ1n) is 12.0. The van der Waals surface area contributed by atoms with Crippen LogP contribution in [0.3, 0.4) is 0 Å². The van der Waals surface area contributed by atoms with Crippen molar-refractivity contribution in [1.82, 2.24) is 4.98 Å². The average molecular weight is 625 g/mol. The van der Waals surface area contributed by atoms with Crippen molar-refractivity contribution in [3.63, 3.8) is 0 Å². The largest absolute Gasteiger partial charge is 0.322 e. The molecule has 0 bridgehead atoms. The molecule has 1 unspecified atom stereocenters. The number of hydrogen-bond acceptors (Lipinski definition) is 5. The van der Waals surface area contributed by atoms with Crippen molar-refractivity contribution in [2.24, 2.45) is 0 Å². The lowest BCUT2D eigenvalue weighted by atomic mass is 10.1. The van der Waals surface area contributed by atoms with Crippen LogP contribution in [0.4, 0.5) is 10.8 Å². The van der Waals surface area contributed by atoms with Crippen LogP contribution in [0.2, 0.25) is 15.1 Å². The van der Waals surface area contributed by atoms with E-state index in [1.807, 2.05) is 60.0 Å². The minimum absolute atomic E-state index is 0.192. The van der Waals surface area contributed by atoms with E-state index in [9.17, 15) is 9.59 Å². The summed E-state index contributed by atoms with van der Waals surface area (Å²) < 4.78 is 0. The molecule has 2 N–H and O–H groups in total. The molecular weight excluding hydrogens is 605 g/mol. The minimum Gasteiger partial charge on any atom is -0.322 e. The Morgan fingerprint density at radius 2 is 1.50 bits per heavy atom. The number of benzene rings is 4. The molecule has 0 aliphatic rings. The Morgan fingerprint density at radius 3 is 2.20 bits per heavy atom. The normalized spacial score (nSPS) is 11.6. The van der Waals surface area contributed by atoms with Crippen molar-refractivity contribution in [2.45, 2.75) is 10.1 Å². The topological polar surface area (TPSA) is 71.1 Å². The van der Waals surface area contributed by atoms with Crippen molar-refractivity contribution in [2.75, 3.05) is 10.6 Å². The van der Waals surface area contributed by atoms with Crippen molar-refractivity contribution < 1.29 is 9.59 Å². The summed E-state index contributed by atoms with van der Waals surface area (Å²) in [4.78, 5) is 31.6. The fraction of sp³-hybridized carbons (Fsp3) is 0.0333. The Hall–Kier alpha value is -3.33. The van der Waals surface area contributed by atoms with Gasteiger partial charge in [-0.2, -0.15) is 0 Å². The third-order valence-corrected chi connectivity index (χ3v) is 8.58. The van der Waals surface area contributed by atoms with Crippen LogP contribution in [-0.4, -0.2) is 16.8 Å². The van der Waals surface area contributed by atoms with E-state index in [-0.39, 0.29) is 16.8 Å². The molecule has 1 aromatic heterocycles. The number of carbonyl (C=O) groups excluding carboxylic acids is 2. The molecule has 200 valence electrons. The fourth-order valence-electron chi connectivity index (χ4n) is 3.78. The molecule has 0 saturated carbocycles. The number of nitrogens with zero attached hydrogens (tertiary/aromatic N) is 1. The Morgan fingerprint density at radius 1 is 0.800 bits per heavy atom. The zero-order valence-electron chi connectivity index (χ0n) is 20.6. The second-order valence-electron chi connectivity index (χ2n) is 8.55. The van der Waals surface area contributed by atoms with Gasteiger partial charge in [0.05, 0.1) is 16.3 Å². The highest BCUT2D eigenvalue weighted by Crippen LogP contribution is 2.37. The van der Waals surface area contributed by atoms with Crippen molar-refractivity contribution in [3.8, 4) is 11.3 Å². The molecule has 40 heavy (non-hydrogen) atoms. The molecule has 2 amide bonds. The van der Waals surface area contributed by atoms with Crippen LogP contribution < -0.4 is 10.6 Å². The summed E-state index contributed by atoms with van der Waals surface area (Å²) in [6, 6.07) is 28.9. The molecule has 0 saturated heterocycles. The third-order valence-electron chi connectivity index (χ3n) is 5.76. The highest BCUT2D eigenvalue weighted by Gasteiger charge is 2.23. The summed E-state index contributed by atoms with van der Waals surface area (Å²) in [6.07, 6.45) is 0. The molecule has 0 aliphatic carbocycles. The monoisotopic (exact) mass is 623 g/mol. The van der Waals surface area contributed by atoms with E-state index in [0.29, 0.717) is 26.4 Å². The fourth-order valence-corrected chi connectivity index (χ4v) is 6.15. The Bertz CT molecular complexity index is 1640. The summed E-state index contributed by atoms with van der Waals surface area (Å²) in [5.41, 5.74) is 3.46. The number of aromatic nitrogens is 1. The second kappa shape index (κ2) is 12.9. The zero-order valence-corrected chi connectivity index (χ0v) is 24.5. The van der Waals surface area contributed by atoms with Gasteiger partial charge in [0.25, 0.3) is 5.91 Å². The molecule has 0 aliphatic heterocycles. The number of thiazole rings is 1. The summed E-state index contributed by atoms with van der Waals surface area (Å²) in [5.74, 6) is -0.534. The van der Waals surface area contributed by atoms with E-state index in [0.717, 1.165) is 21.7 Å². The van der Waals surface area contributed by atoms with Crippen LogP contribution in [0.1, 0.15) is 21.2 Å². The van der Waals surface area contributed by atoms with Gasteiger partial charge in [-0.05, 0) is 60.2 Å². The molecule has 10 heteroatoms. The number of anilines is 2. The van der Waals surface area contributed by atoms with Gasteiger partial charge < -0.3 is 10.6 Å². The number of hydrogen-bond donors (Lipinski definition) is 2. The molecular formula is C30H20Cl3N3O2S2. The van der Waals surface area contributed by atoms with E-state index in [4.69, 9.17) is 34.8 Å². The van der Waals surface area contributed by atoms with Gasteiger partial charge in [-0.25, -0.2) is 4.98 Å². The van der Waals surface area contributed by atoms with Crippen molar-refractivity contribution in [1.29, 1.82) is 0 Å². The van der Waals surface area contributed by atoms with Crippen LogP contribution in [0, 0.1) is 0 Å². The molecule has 4 aromatic carbocycles. The van der Waals surface area contributed by atoms with Crippen molar-refractivity contribution >= 4 is 80.5 Å². The summed E-state index contributed by atoms with van der Waals surface area (Å²) in [5, 5.41) is 9.06. The van der Waals surface area contributed by atoms with E-state index in [2.05, 4.69) is 15.6 Å². The maximum atomic E-state index is 13.5. The Kier molecular flexibility index (Phi) is 9.09. The first-order chi connectivity index (χ1) is 19.4. The number of nitrogens with one attached hydrogen (secondary N) is 2. The van der Waals surface area contributed by atoms with E-state index in [1.165, 1.54) is 29.2 Å². The Labute approximate surface area is 254 Å². The first-order valence-corrected chi connectivity index (χ1v) is 14.9. The van der Waals surface area contributed by atoms with Gasteiger partial charge in [0.1, 0.15) is 5.25 Å². The van der Waals surface area contributed by atoms with Gasteiger partial charge in [0.15, 0.2) is 5.13 Å². The molecule has 5 rings (SSSR count). The maximum absolute atomic E-state index is 13.5. The summed E-state index contributed by atoms with van der Waals surface area (Å²) in [7, 11) is 0. The number of halogens is 3. The van der Waals surface area contributed by atoms with Crippen LogP contribution in [-0.2, 0) is 4.79 Å². The molecule has 5 nitrogen and oxygen atoms in total. The van der Waals surface area contributed by atoms with Gasteiger partial charge >= 0.3 is 0 Å². The van der Waals surface area contributed by atoms with Crippen LogP contribution in [0.25, 0.3) is 11.3 Å². The van der Waals surface area contributed by atoms with Crippen LogP contribution in [0.5, 0.6) is 0 Å². The standard InChI is InChI=1S/C30H20Cl3N3O2S2/c31-20-8-6-18(7-9-20)26-17-39-30(35-26)36-29(38)27(19-4-2-1-3-5-19)40-23-13-11-22(12-14-23)34-28(37)24-15-10-21(32)16-25(24)33/h1-17,27H,(H,34,37)(H,35,36,38). The van der Waals surface area contributed by atoms with Gasteiger partial charge in [-0.3, -0.25) is 9.59 Å². The van der Waals surface area contributed by atoms with E-state index >= 15 is 0 Å². The molecule has 0 spiro atoms. The lowest BCUT2D eigenvalue weighted by molar-refractivity contribution is -0.115. The van der Waals surface area contributed by atoms with Crippen molar-refractivity contribution in [3.05, 3.63) is 129 Å². The highest BCUT2D eigenvalue weighted by molar-refractivity contribution is 8.00.